The van der Waals surface area contributed by atoms with Gasteiger partial charge in [-0.25, -0.2) is 0 Å². The lowest BCUT2D eigenvalue weighted by molar-refractivity contribution is 0.112. The first-order valence-corrected chi connectivity index (χ1v) is 3.62. The Balaban J connectivity index is 3.18. The molecule has 0 fully saturated rings. The minimum Gasteiger partial charge on any atom is -0.384 e. The predicted octanol–water partition coefficient (Wildman–Crippen LogP) is 1.44. The lowest BCUT2D eigenvalue weighted by Gasteiger charge is -1.99. The number of hydrogen-bond acceptors (Lipinski definition) is 2. The van der Waals surface area contributed by atoms with E-state index in [1.165, 1.54) is 12.1 Å². The van der Waals surface area contributed by atoms with E-state index in [0.29, 0.717) is 22.4 Å². The lowest BCUT2D eigenvalue weighted by Crippen LogP contribution is -2.10. The molecule has 0 unspecified atom stereocenters. The van der Waals surface area contributed by atoms with Crippen LogP contribution in [0.1, 0.15) is 15.9 Å². The van der Waals surface area contributed by atoms with Crippen molar-refractivity contribution < 1.29 is 4.79 Å². The Morgan fingerprint density at radius 1 is 1.58 bits per heavy atom. The summed E-state index contributed by atoms with van der Waals surface area (Å²) in [6, 6.07) is 4.61. The van der Waals surface area contributed by atoms with Gasteiger partial charge in [0.2, 0.25) is 0 Å². The number of amidine groups is 1. The first kappa shape index (κ1) is 8.74. The van der Waals surface area contributed by atoms with E-state index in [1.807, 2.05) is 0 Å². The Hall–Kier alpha value is -1.35. The molecule has 1 aromatic rings. The normalized spacial score (nSPS) is 9.42. The van der Waals surface area contributed by atoms with Crippen LogP contribution in [0, 0.1) is 5.41 Å². The van der Waals surface area contributed by atoms with E-state index in [-0.39, 0.29) is 5.84 Å². The van der Waals surface area contributed by atoms with Gasteiger partial charge in [0.25, 0.3) is 0 Å². The number of aldehydes is 1. The summed E-state index contributed by atoms with van der Waals surface area (Å²) in [7, 11) is 0. The molecule has 0 amide bonds. The molecule has 1 aromatic carbocycles. The van der Waals surface area contributed by atoms with Crippen LogP contribution < -0.4 is 5.73 Å². The number of carbonyl (C=O) groups excluding carboxylic acids is 1. The largest absolute Gasteiger partial charge is 0.384 e. The monoisotopic (exact) mass is 182 g/mol. The number of carbonyl (C=O) groups is 1. The van der Waals surface area contributed by atoms with Crippen molar-refractivity contribution >= 4 is 23.7 Å². The first-order chi connectivity index (χ1) is 5.65. The van der Waals surface area contributed by atoms with Crippen molar-refractivity contribution in [3.05, 3.63) is 34.3 Å². The molecule has 0 aliphatic carbocycles. The standard InChI is InChI=1S/C8H7ClN2O/c9-7-3-5(8(10)11)1-2-6(7)4-12/h1-4H,(H3,10,11). The molecule has 1 rings (SSSR count). The number of rotatable bonds is 2. The summed E-state index contributed by atoms with van der Waals surface area (Å²) in [4.78, 5) is 10.3. The van der Waals surface area contributed by atoms with Crippen molar-refractivity contribution in [1.29, 1.82) is 5.41 Å². The van der Waals surface area contributed by atoms with E-state index in [0.717, 1.165) is 0 Å². The maximum Gasteiger partial charge on any atom is 0.151 e. The highest BCUT2D eigenvalue weighted by Gasteiger charge is 2.01. The summed E-state index contributed by atoms with van der Waals surface area (Å²) in [6.45, 7) is 0. The van der Waals surface area contributed by atoms with E-state index in [4.69, 9.17) is 22.7 Å². The van der Waals surface area contributed by atoms with E-state index >= 15 is 0 Å². The third kappa shape index (κ3) is 1.62. The number of benzene rings is 1. The molecule has 0 saturated carbocycles. The zero-order valence-corrected chi connectivity index (χ0v) is 6.93. The molecule has 0 saturated heterocycles. The zero-order chi connectivity index (χ0) is 9.14. The molecule has 0 radical (unpaired) electrons. The first-order valence-electron chi connectivity index (χ1n) is 3.24. The van der Waals surface area contributed by atoms with Crippen LogP contribution in [0.2, 0.25) is 5.02 Å². The molecule has 0 aliphatic rings. The summed E-state index contributed by atoms with van der Waals surface area (Å²) in [5, 5.41) is 7.41. The molecule has 4 heteroatoms. The van der Waals surface area contributed by atoms with Gasteiger partial charge >= 0.3 is 0 Å². The van der Waals surface area contributed by atoms with Crippen molar-refractivity contribution in [2.24, 2.45) is 5.73 Å². The molecule has 0 heterocycles. The highest BCUT2D eigenvalue weighted by atomic mass is 35.5. The number of nitrogens with one attached hydrogen (secondary N) is 1. The van der Waals surface area contributed by atoms with Gasteiger partial charge in [0.1, 0.15) is 5.84 Å². The number of nitrogen functional groups attached to an aromatic ring is 1. The fraction of sp³-hybridized carbons (Fsp3) is 0. The maximum atomic E-state index is 10.3. The van der Waals surface area contributed by atoms with Crippen LogP contribution >= 0.6 is 11.6 Å². The average Bonchev–Trinajstić information content (AvgIpc) is 2.04. The third-order valence-electron chi connectivity index (χ3n) is 1.44. The third-order valence-corrected chi connectivity index (χ3v) is 1.77. The van der Waals surface area contributed by atoms with E-state index in [2.05, 4.69) is 0 Å². The van der Waals surface area contributed by atoms with Crippen molar-refractivity contribution in [3.8, 4) is 0 Å². The molecule has 62 valence electrons. The van der Waals surface area contributed by atoms with E-state index in [1.54, 1.807) is 6.07 Å². The maximum absolute atomic E-state index is 10.3. The number of nitrogens with two attached hydrogens (primary N) is 1. The van der Waals surface area contributed by atoms with Crippen LogP contribution in [0.3, 0.4) is 0 Å². The van der Waals surface area contributed by atoms with Gasteiger partial charge < -0.3 is 5.73 Å². The molecular weight excluding hydrogens is 176 g/mol. The Morgan fingerprint density at radius 3 is 2.67 bits per heavy atom. The molecule has 3 N–H and O–H groups in total. The Kier molecular flexibility index (Phi) is 2.45. The molecule has 12 heavy (non-hydrogen) atoms. The van der Waals surface area contributed by atoms with Crippen LogP contribution in [0.25, 0.3) is 0 Å². The van der Waals surface area contributed by atoms with Gasteiger partial charge in [-0.3, -0.25) is 10.2 Å². The second kappa shape index (κ2) is 3.36. The van der Waals surface area contributed by atoms with Crippen LogP contribution in [0.15, 0.2) is 18.2 Å². The van der Waals surface area contributed by atoms with E-state index in [9.17, 15) is 4.79 Å². The van der Waals surface area contributed by atoms with E-state index < -0.39 is 0 Å². The van der Waals surface area contributed by atoms with Crippen LogP contribution in [-0.2, 0) is 0 Å². The average molecular weight is 183 g/mol. The summed E-state index contributed by atoms with van der Waals surface area (Å²) in [6.07, 6.45) is 0.659. The van der Waals surface area contributed by atoms with Crippen molar-refractivity contribution in [2.75, 3.05) is 0 Å². The van der Waals surface area contributed by atoms with Gasteiger partial charge in [-0.05, 0) is 12.1 Å². The molecule has 0 aromatic heterocycles. The Labute approximate surface area is 74.7 Å². The minimum atomic E-state index is -0.0608. The summed E-state index contributed by atoms with van der Waals surface area (Å²) in [5.41, 5.74) is 6.13. The smallest absolute Gasteiger partial charge is 0.151 e. The van der Waals surface area contributed by atoms with Crippen LogP contribution in [0.5, 0.6) is 0 Å². The molecule has 0 aliphatic heterocycles. The molecule has 3 nitrogen and oxygen atoms in total. The van der Waals surface area contributed by atoms with Crippen molar-refractivity contribution in [1.82, 2.24) is 0 Å². The molecular formula is C8H7ClN2O. The second-order valence-electron chi connectivity index (χ2n) is 2.27. The van der Waals surface area contributed by atoms with Crippen LogP contribution in [-0.4, -0.2) is 12.1 Å². The molecule has 0 spiro atoms. The van der Waals surface area contributed by atoms with Crippen molar-refractivity contribution in [3.63, 3.8) is 0 Å². The van der Waals surface area contributed by atoms with Gasteiger partial charge in [-0.2, -0.15) is 0 Å². The Bertz CT molecular complexity index is 336. The second-order valence-corrected chi connectivity index (χ2v) is 2.68. The van der Waals surface area contributed by atoms with Crippen molar-refractivity contribution in [2.45, 2.75) is 0 Å². The molecule has 0 bridgehead atoms. The van der Waals surface area contributed by atoms with Gasteiger partial charge in [-0.15, -0.1) is 0 Å². The summed E-state index contributed by atoms with van der Waals surface area (Å²) >= 11 is 5.69. The van der Waals surface area contributed by atoms with Gasteiger partial charge in [-0.1, -0.05) is 17.7 Å². The lowest BCUT2D eigenvalue weighted by atomic mass is 10.1. The number of hydrogen-bond donors (Lipinski definition) is 2. The SMILES string of the molecule is N=C(N)c1ccc(C=O)c(Cl)c1. The van der Waals surface area contributed by atoms with Gasteiger partial charge in [0.15, 0.2) is 6.29 Å². The highest BCUT2D eigenvalue weighted by molar-refractivity contribution is 6.33. The highest BCUT2D eigenvalue weighted by Crippen LogP contribution is 2.15. The van der Waals surface area contributed by atoms with Gasteiger partial charge in [0.05, 0.1) is 5.02 Å². The fourth-order valence-electron chi connectivity index (χ4n) is 0.790. The molecule has 0 atom stereocenters. The number of halogens is 1. The quantitative estimate of drug-likeness (QED) is 0.413. The van der Waals surface area contributed by atoms with Gasteiger partial charge in [0, 0.05) is 11.1 Å². The fourth-order valence-corrected chi connectivity index (χ4v) is 1.02. The van der Waals surface area contributed by atoms with Crippen LogP contribution in [0.4, 0.5) is 0 Å². The predicted molar refractivity (Wildman–Crippen MR) is 47.9 cm³/mol. The summed E-state index contributed by atoms with van der Waals surface area (Å²) in [5.74, 6) is -0.0608. The zero-order valence-electron chi connectivity index (χ0n) is 6.17. The summed E-state index contributed by atoms with van der Waals surface area (Å²) < 4.78 is 0. The Morgan fingerprint density at radius 2 is 2.25 bits per heavy atom. The topological polar surface area (TPSA) is 66.9 Å². The minimum absolute atomic E-state index is 0.0608.